The summed E-state index contributed by atoms with van der Waals surface area (Å²) in [5.41, 5.74) is 1.28. The monoisotopic (exact) mass is 485 g/mol. The van der Waals surface area contributed by atoms with E-state index in [1.54, 1.807) is 30.3 Å². The molecular formula is C28H27N3O5. The number of rotatable bonds is 11. The lowest BCUT2D eigenvalue weighted by Gasteiger charge is -2.10. The molecule has 0 unspecified atom stereocenters. The van der Waals surface area contributed by atoms with Crippen LogP contribution in [0.15, 0.2) is 95.8 Å². The maximum Gasteiger partial charge on any atom is 0.266 e. The van der Waals surface area contributed by atoms with Crippen LogP contribution in [-0.4, -0.2) is 35.4 Å². The standard InChI is InChI=1S/C28H27N3O5/c1-2-34-22-10-8-21(9-11-22)26-16-17-28(33)31(30-26)19-18-29-27(32)20-35-23-12-14-25(15-13-23)36-24-6-4-3-5-7-24/h3-17H,2,18-20H2,1H3,(H,29,32). The molecule has 36 heavy (non-hydrogen) atoms. The lowest BCUT2D eigenvalue weighted by molar-refractivity contribution is -0.123. The van der Waals surface area contributed by atoms with Crippen LogP contribution in [0.5, 0.6) is 23.0 Å². The van der Waals surface area contributed by atoms with Gasteiger partial charge in [-0.05, 0) is 73.7 Å². The summed E-state index contributed by atoms with van der Waals surface area (Å²) in [7, 11) is 0. The second-order valence-electron chi connectivity index (χ2n) is 7.76. The summed E-state index contributed by atoms with van der Waals surface area (Å²) in [5, 5.41) is 7.16. The van der Waals surface area contributed by atoms with Crippen LogP contribution < -0.4 is 25.1 Å². The average molecular weight is 486 g/mol. The Kier molecular flexibility index (Phi) is 8.32. The van der Waals surface area contributed by atoms with E-state index in [4.69, 9.17) is 14.2 Å². The van der Waals surface area contributed by atoms with E-state index in [2.05, 4.69) is 10.4 Å². The Labute approximate surface area is 209 Å². The van der Waals surface area contributed by atoms with Crippen molar-refractivity contribution >= 4 is 5.91 Å². The number of para-hydroxylation sites is 1. The van der Waals surface area contributed by atoms with Crippen LogP contribution in [0.4, 0.5) is 0 Å². The molecule has 0 fully saturated rings. The molecule has 0 atom stereocenters. The molecular weight excluding hydrogens is 458 g/mol. The van der Waals surface area contributed by atoms with Crippen molar-refractivity contribution < 1.29 is 19.0 Å². The smallest absolute Gasteiger partial charge is 0.266 e. The normalized spacial score (nSPS) is 10.5. The maximum atomic E-state index is 12.2. The Balaban J connectivity index is 1.24. The van der Waals surface area contributed by atoms with Gasteiger partial charge in [-0.2, -0.15) is 5.10 Å². The van der Waals surface area contributed by atoms with Crippen LogP contribution in [0.2, 0.25) is 0 Å². The Bertz CT molecular complexity index is 1320. The number of carbonyl (C=O) groups is 1. The summed E-state index contributed by atoms with van der Waals surface area (Å²) >= 11 is 0. The molecule has 1 N–H and O–H groups in total. The van der Waals surface area contributed by atoms with Crippen molar-refractivity contribution in [3.63, 3.8) is 0 Å². The summed E-state index contributed by atoms with van der Waals surface area (Å²) < 4.78 is 18.1. The van der Waals surface area contributed by atoms with E-state index in [0.29, 0.717) is 23.8 Å². The molecule has 4 aromatic rings. The number of amides is 1. The van der Waals surface area contributed by atoms with E-state index in [1.165, 1.54) is 10.7 Å². The molecule has 1 heterocycles. The number of hydrogen-bond acceptors (Lipinski definition) is 6. The third-order valence-electron chi connectivity index (χ3n) is 5.15. The third kappa shape index (κ3) is 6.96. The van der Waals surface area contributed by atoms with Gasteiger partial charge in [-0.1, -0.05) is 18.2 Å². The van der Waals surface area contributed by atoms with Crippen molar-refractivity contribution in [3.8, 4) is 34.3 Å². The molecule has 1 aromatic heterocycles. The molecule has 0 bridgehead atoms. The predicted molar refractivity (Wildman–Crippen MR) is 137 cm³/mol. The van der Waals surface area contributed by atoms with Crippen LogP contribution in [0, 0.1) is 0 Å². The Morgan fingerprint density at radius 1 is 0.806 bits per heavy atom. The maximum absolute atomic E-state index is 12.2. The molecule has 0 saturated carbocycles. The zero-order valence-electron chi connectivity index (χ0n) is 19.9. The first kappa shape index (κ1) is 24.5. The van der Waals surface area contributed by atoms with Crippen molar-refractivity contribution in [3.05, 3.63) is 101 Å². The van der Waals surface area contributed by atoms with Gasteiger partial charge in [-0.3, -0.25) is 9.59 Å². The van der Waals surface area contributed by atoms with Gasteiger partial charge in [0.15, 0.2) is 6.61 Å². The minimum atomic E-state index is -0.296. The first-order valence-electron chi connectivity index (χ1n) is 11.6. The topological polar surface area (TPSA) is 91.7 Å². The van der Waals surface area contributed by atoms with Crippen molar-refractivity contribution in [2.24, 2.45) is 0 Å². The zero-order chi connectivity index (χ0) is 25.2. The van der Waals surface area contributed by atoms with Crippen molar-refractivity contribution in [1.82, 2.24) is 15.1 Å². The lowest BCUT2D eigenvalue weighted by atomic mass is 10.1. The molecule has 8 nitrogen and oxygen atoms in total. The molecule has 0 aliphatic heterocycles. The summed E-state index contributed by atoms with van der Waals surface area (Å²) in [5.74, 6) is 2.44. The highest BCUT2D eigenvalue weighted by molar-refractivity contribution is 5.77. The SMILES string of the molecule is CCOc1ccc(-c2ccc(=O)n(CCNC(=O)COc3ccc(Oc4ccccc4)cc3)n2)cc1. The molecule has 184 valence electrons. The minimum absolute atomic E-state index is 0.145. The molecule has 0 aliphatic carbocycles. The highest BCUT2D eigenvalue weighted by atomic mass is 16.5. The number of carbonyl (C=O) groups excluding carboxylic acids is 1. The molecule has 8 heteroatoms. The fourth-order valence-electron chi connectivity index (χ4n) is 3.38. The van der Waals surface area contributed by atoms with Gasteiger partial charge in [0.2, 0.25) is 0 Å². The Morgan fingerprint density at radius 3 is 2.17 bits per heavy atom. The van der Waals surface area contributed by atoms with E-state index >= 15 is 0 Å². The summed E-state index contributed by atoms with van der Waals surface area (Å²) in [6.45, 7) is 2.85. The first-order valence-corrected chi connectivity index (χ1v) is 11.6. The molecule has 1 amide bonds. The molecule has 3 aromatic carbocycles. The number of benzene rings is 3. The Hall–Kier alpha value is -4.59. The number of hydrogen-bond donors (Lipinski definition) is 1. The van der Waals surface area contributed by atoms with Crippen molar-refractivity contribution in [1.29, 1.82) is 0 Å². The van der Waals surface area contributed by atoms with Gasteiger partial charge in [0, 0.05) is 18.2 Å². The predicted octanol–water partition coefficient (Wildman–Crippen LogP) is 4.30. The molecule has 0 saturated heterocycles. The average Bonchev–Trinajstić information content (AvgIpc) is 2.91. The van der Waals surface area contributed by atoms with Crippen LogP contribution in [0.3, 0.4) is 0 Å². The fraction of sp³-hybridized carbons (Fsp3) is 0.179. The van der Waals surface area contributed by atoms with Gasteiger partial charge >= 0.3 is 0 Å². The third-order valence-corrected chi connectivity index (χ3v) is 5.15. The van der Waals surface area contributed by atoms with Crippen LogP contribution in [0.25, 0.3) is 11.3 Å². The second kappa shape index (κ2) is 12.2. The van der Waals surface area contributed by atoms with E-state index in [0.717, 1.165) is 17.1 Å². The van der Waals surface area contributed by atoms with E-state index < -0.39 is 0 Å². The molecule has 0 aliphatic rings. The number of nitrogens with zero attached hydrogens (tertiary/aromatic N) is 2. The highest BCUT2D eigenvalue weighted by Gasteiger charge is 2.07. The van der Waals surface area contributed by atoms with Gasteiger partial charge in [-0.25, -0.2) is 4.68 Å². The largest absolute Gasteiger partial charge is 0.494 e. The van der Waals surface area contributed by atoms with Crippen molar-refractivity contribution in [2.75, 3.05) is 19.8 Å². The fourth-order valence-corrected chi connectivity index (χ4v) is 3.38. The van der Waals surface area contributed by atoms with Crippen molar-refractivity contribution in [2.45, 2.75) is 13.5 Å². The Morgan fingerprint density at radius 2 is 1.44 bits per heavy atom. The summed E-state index contributed by atoms with van der Waals surface area (Å²) in [6, 6.07) is 27.1. The highest BCUT2D eigenvalue weighted by Crippen LogP contribution is 2.23. The van der Waals surface area contributed by atoms with Gasteiger partial charge in [-0.15, -0.1) is 0 Å². The van der Waals surface area contributed by atoms with Crippen LogP contribution in [0.1, 0.15) is 6.92 Å². The second-order valence-corrected chi connectivity index (χ2v) is 7.76. The summed E-state index contributed by atoms with van der Waals surface area (Å²) in [4.78, 5) is 24.4. The van der Waals surface area contributed by atoms with Gasteiger partial charge in [0.25, 0.3) is 11.5 Å². The minimum Gasteiger partial charge on any atom is -0.494 e. The number of nitrogens with one attached hydrogen (secondary N) is 1. The van der Waals surface area contributed by atoms with E-state index in [1.807, 2.05) is 61.5 Å². The van der Waals surface area contributed by atoms with Crippen LogP contribution in [-0.2, 0) is 11.3 Å². The van der Waals surface area contributed by atoms with Crippen LogP contribution >= 0.6 is 0 Å². The summed E-state index contributed by atoms with van der Waals surface area (Å²) in [6.07, 6.45) is 0. The van der Waals surface area contributed by atoms with Gasteiger partial charge in [0.05, 0.1) is 18.8 Å². The van der Waals surface area contributed by atoms with E-state index in [-0.39, 0.29) is 31.2 Å². The number of aromatic nitrogens is 2. The lowest BCUT2D eigenvalue weighted by Crippen LogP contribution is -2.34. The first-order chi connectivity index (χ1) is 17.6. The number of ether oxygens (including phenoxy) is 3. The van der Waals surface area contributed by atoms with Gasteiger partial charge < -0.3 is 19.5 Å². The zero-order valence-corrected chi connectivity index (χ0v) is 19.9. The molecule has 4 rings (SSSR count). The quantitative estimate of drug-likeness (QED) is 0.341. The van der Waals surface area contributed by atoms with E-state index in [9.17, 15) is 9.59 Å². The molecule has 0 radical (unpaired) electrons. The molecule has 0 spiro atoms. The van der Waals surface area contributed by atoms with Gasteiger partial charge in [0.1, 0.15) is 23.0 Å².